The van der Waals surface area contributed by atoms with Crippen LogP contribution in [0.15, 0.2) is 47.2 Å². The van der Waals surface area contributed by atoms with Gasteiger partial charge >= 0.3 is 0 Å². The average Bonchev–Trinajstić information content (AvgIpc) is 3.39. The van der Waals surface area contributed by atoms with Gasteiger partial charge in [0, 0.05) is 18.5 Å². The minimum Gasteiger partial charge on any atom is -0.356 e. The molecule has 0 atom stereocenters. The number of carbonyl (C=O) groups is 1. The monoisotopic (exact) mass is 396 g/mol. The molecule has 0 aliphatic rings. The maximum atomic E-state index is 12.2. The van der Waals surface area contributed by atoms with Crippen molar-refractivity contribution in [2.24, 2.45) is 0 Å². The minimum absolute atomic E-state index is 0.0187. The quantitative estimate of drug-likeness (QED) is 0.474. The third-order valence-electron chi connectivity index (χ3n) is 4.35. The van der Waals surface area contributed by atoms with Gasteiger partial charge in [0.25, 0.3) is 0 Å². The van der Waals surface area contributed by atoms with E-state index in [0.717, 1.165) is 45.4 Å². The Morgan fingerprint density at radius 3 is 2.89 bits per heavy atom. The van der Waals surface area contributed by atoms with Crippen LogP contribution in [0.3, 0.4) is 0 Å². The summed E-state index contributed by atoms with van der Waals surface area (Å²) >= 11 is 3.25. The molecule has 0 fully saturated rings. The summed E-state index contributed by atoms with van der Waals surface area (Å²) in [5.74, 6) is 1.02. The first-order valence-electron chi connectivity index (χ1n) is 8.87. The van der Waals surface area contributed by atoms with E-state index >= 15 is 0 Å². The molecule has 0 bridgehead atoms. The number of amides is 1. The van der Waals surface area contributed by atoms with E-state index in [1.54, 1.807) is 22.7 Å². The minimum atomic E-state index is 0.0187. The molecule has 0 aliphatic carbocycles. The van der Waals surface area contributed by atoms with Gasteiger partial charge in [-0.25, -0.2) is 9.97 Å². The van der Waals surface area contributed by atoms with Gasteiger partial charge in [-0.1, -0.05) is 18.2 Å². The second kappa shape index (κ2) is 8.02. The third-order valence-corrected chi connectivity index (χ3v) is 6.28. The lowest BCUT2D eigenvalue weighted by molar-refractivity contribution is -0.120. The first-order valence-corrected chi connectivity index (χ1v) is 10.6. The number of aromatic nitrogens is 3. The molecule has 0 aliphatic heterocycles. The summed E-state index contributed by atoms with van der Waals surface area (Å²) in [7, 11) is 0. The molecule has 0 radical (unpaired) electrons. The number of imidazole rings is 1. The molecule has 0 saturated heterocycles. The fraction of sp³-hybridized carbons (Fsp3) is 0.250. The van der Waals surface area contributed by atoms with Gasteiger partial charge in [-0.05, 0) is 36.9 Å². The zero-order valence-corrected chi connectivity index (χ0v) is 16.6. The molecule has 3 aromatic heterocycles. The van der Waals surface area contributed by atoms with E-state index in [9.17, 15) is 4.79 Å². The number of aryl methyl sites for hydroxylation is 2. The number of rotatable bonds is 7. The highest BCUT2D eigenvalue weighted by Crippen LogP contribution is 2.27. The van der Waals surface area contributed by atoms with Crippen LogP contribution in [-0.4, -0.2) is 27.0 Å². The van der Waals surface area contributed by atoms with Crippen LogP contribution in [0.1, 0.15) is 17.9 Å². The highest BCUT2D eigenvalue weighted by molar-refractivity contribution is 7.20. The summed E-state index contributed by atoms with van der Waals surface area (Å²) in [5, 5.41) is 7.99. The van der Waals surface area contributed by atoms with Crippen LogP contribution >= 0.6 is 22.7 Å². The van der Waals surface area contributed by atoms with E-state index in [-0.39, 0.29) is 5.91 Å². The molecule has 0 spiro atoms. The summed E-state index contributed by atoms with van der Waals surface area (Å²) in [4.78, 5) is 22.5. The molecule has 27 heavy (non-hydrogen) atoms. The van der Waals surface area contributed by atoms with Gasteiger partial charge in [0.1, 0.15) is 10.8 Å². The zero-order chi connectivity index (χ0) is 18.6. The Kier molecular flexibility index (Phi) is 5.31. The van der Waals surface area contributed by atoms with Crippen molar-refractivity contribution in [2.45, 2.75) is 26.3 Å². The number of fused-ring (bicyclic) bond motifs is 1. The van der Waals surface area contributed by atoms with Gasteiger partial charge in [-0.15, -0.1) is 22.7 Å². The third kappa shape index (κ3) is 4.09. The number of nitrogens with zero attached hydrogens (tertiary/aromatic N) is 3. The lowest BCUT2D eigenvalue weighted by Crippen LogP contribution is -2.27. The van der Waals surface area contributed by atoms with Crippen molar-refractivity contribution in [3.05, 3.63) is 58.7 Å². The SMILES string of the molecule is Cc1nc2ccccc2n1CCCNC(=O)Cc1csc(-c2cccs2)n1. The van der Waals surface area contributed by atoms with Crippen LogP contribution in [0.4, 0.5) is 0 Å². The Bertz CT molecular complexity index is 1050. The van der Waals surface area contributed by atoms with Crippen molar-refractivity contribution < 1.29 is 4.79 Å². The normalized spacial score (nSPS) is 11.1. The van der Waals surface area contributed by atoms with Crippen molar-refractivity contribution in [3.63, 3.8) is 0 Å². The molecule has 7 heteroatoms. The predicted molar refractivity (Wildman–Crippen MR) is 111 cm³/mol. The maximum Gasteiger partial charge on any atom is 0.226 e. The second-order valence-electron chi connectivity index (χ2n) is 6.30. The maximum absolute atomic E-state index is 12.2. The number of nitrogens with one attached hydrogen (secondary N) is 1. The van der Waals surface area contributed by atoms with Gasteiger partial charge in [-0.2, -0.15) is 0 Å². The van der Waals surface area contributed by atoms with Crippen LogP contribution in [0, 0.1) is 6.92 Å². The first-order chi connectivity index (χ1) is 13.2. The van der Waals surface area contributed by atoms with E-state index < -0.39 is 0 Å². The number of hydrogen-bond donors (Lipinski definition) is 1. The van der Waals surface area contributed by atoms with Gasteiger partial charge in [0.15, 0.2) is 0 Å². The number of hydrogen-bond acceptors (Lipinski definition) is 5. The lowest BCUT2D eigenvalue weighted by atomic mass is 10.3. The molecule has 138 valence electrons. The molecular weight excluding hydrogens is 376 g/mol. The summed E-state index contributed by atoms with van der Waals surface area (Å²) in [5.41, 5.74) is 2.99. The topological polar surface area (TPSA) is 59.8 Å². The van der Waals surface area contributed by atoms with Crippen molar-refractivity contribution in [2.75, 3.05) is 6.54 Å². The molecule has 4 rings (SSSR count). The van der Waals surface area contributed by atoms with Crippen LogP contribution in [0.2, 0.25) is 0 Å². The Balaban J connectivity index is 1.27. The van der Waals surface area contributed by atoms with Crippen molar-refractivity contribution in [1.29, 1.82) is 0 Å². The number of benzene rings is 1. The van der Waals surface area contributed by atoms with Crippen LogP contribution in [-0.2, 0) is 17.8 Å². The molecule has 4 aromatic rings. The number of carbonyl (C=O) groups excluding carboxylic acids is 1. The Labute approximate surface area is 165 Å². The van der Waals surface area contributed by atoms with E-state index in [0.29, 0.717) is 13.0 Å². The molecule has 1 aromatic carbocycles. The van der Waals surface area contributed by atoms with Gasteiger partial charge in [0.2, 0.25) is 5.91 Å². The predicted octanol–water partition coefficient (Wildman–Crippen LogP) is 4.28. The summed E-state index contributed by atoms with van der Waals surface area (Å²) in [6, 6.07) is 12.2. The average molecular weight is 397 g/mol. The molecule has 0 saturated carbocycles. The molecule has 1 N–H and O–H groups in total. The Morgan fingerprint density at radius 1 is 1.15 bits per heavy atom. The van der Waals surface area contributed by atoms with Gasteiger partial charge in [0.05, 0.1) is 28.0 Å². The zero-order valence-electron chi connectivity index (χ0n) is 15.0. The van der Waals surface area contributed by atoms with Crippen molar-refractivity contribution in [1.82, 2.24) is 19.9 Å². The van der Waals surface area contributed by atoms with Crippen LogP contribution in [0.25, 0.3) is 20.9 Å². The number of para-hydroxylation sites is 2. The van der Waals surface area contributed by atoms with E-state index in [2.05, 4.69) is 32.0 Å². The van der Waals surface area contributed by atoms with Crippen LogP contribution in [0.5, 0.6) is 0 Å². The fourth-order valence-electron chi connectivity index (χ4n) is 3.07. The second-order valence-corrected chi connectivity index (χ2v) is 8.11. The number of thiazole rings is 1. The van der Waals surface area contributed by atoms with E-state index in [1.807, 2.05) is 41.9 Å². The molecule has 3 heterocycles. The summed E-state index contributed by atoms with van der Waals surface area (Å²) < 4.78 is 2.20. The van der Waals surface area contributed by atoms with E-state index in [4.69, 9.17) is 0 Å². The van der Waals surface area contributed by atoms with Gasteiger partial charge < -0.3 is 9.88 Å². The smallest absolute Gasteiger partial charge is 0.226 e. The molecule has 0 unspecified atom stereocenters. The first kappa shape index (κ1) is 17.9. The Morgan fingerprint density at radius 2 is 2.04 bits per heavy atom. The highest BCUT2D eigenvalue weighted by atomic mass is 32.1. The van der Waals surface area contributed by atoms with E-state index in [1.165, 1.54) is 0 Å². The summed E-state index contributed by atoms with van der Waals surface area (Å²) in [6.45, 7) is 3.50. The number of thiophene rings is 1. The van der Waals surface area contributed by atoms with Gasteiger partial charge in [-0.3, -0.25) is 4.79 Å². The van der Waals surface area contributed by atoms with Crippen LogP contribution < -0.4 is 5.32 Å². The standard InChI is InChI=1S/C20H20N4OS2/c1-14-22-16-6-2-3-7-17(16)24(14)10-5-9-21-19(25)12-15-13-27-20(23-15)18-8-4-11-26-18/h2-4,6-8,11,13H,5,9-10,12H2,1H3,(H,21,25). The fourth-order valence-corrected chi connectivity index (χ4v) is 4.71. The van der Waals surface area contributed by atoms with Crippen molar-refractivity contribution >= 4 is 39.6 Å². The molecule has 5 nitrogen and oxygen atoms in total. The largest absolute Gasteiger partial charge is 0.356 e. The lowest BCUT2D eigenvalue weighted by Gasteiger charge is -2.08. The summed E-state index contributed by atoms with van der Waals surface area (Å²) in [6.07, 6.45) is 1.19. The molecular formula is C20H20N4OS2. The molecule has 1 amide bonds. The van der Waals surface area contributed by atoms with Crippen molar-refractivity contribution in [3.8, 4) is 9.88 Å². The highest BCUT2D eigenvalue weighted by Gasteiger charge is 2.10. The Hall–Kier alpha value is -2.51.